The van der Waals surface area contributed by atoms with Crippen molar-refractivity contribution >= 4 is 5.69 Å². The van der Waals surface area contributed by atoms with E-state index in [2.05, 4.69) is 63.8 Å². The topological polar surface area (TPSA) is 12.5 Å². The Hall–Kier alpha value is -1.96. The lowest BCUT2D eigenvalue weighted by Crippen LogP contribution is -2.33. The van der Waals surface area contributed by atoms with Crippen LogP contribution < -0.4 is 9.64 Å². The Balaban J connectivity index is 2.01. The summed E-state index contributed by atoms with van der Waals surface area (Å²) in [5.74, 6) is 1.07. The highest BCUT2D eigenvalue weighted by Gasteiger charge is 2.22. The average Bonchev–Trinajstić information content (AvgIpc) is 2.36. The molecule has 110 valence electrons. The van der Waals surface area contributed by atoms with Gasteiger partial charge in [0.2, 0.25) is 0 Å². The van der Waals surface area contributed by atoms with E-state index in [-0.39, 0.29) is 0 Å². The SMILES string of the molecule is Cc1cc(C)c(N2COc3c(C)cc(C)cc3C2)c(C)c1. The molecule has 0 bridgehead atoms. The van der Waals surface area contributed by atoms with Crippen LogP contribution in [0.5, 0.6) is 5.75 Å². The second kappa shape index (κ2) is 5.10. The number of nitrogens with zero attached hydrogens (tertiary/aromatic N) is 1. The molecule has 0 aromatic heterocycles. The average molecular weight is 281 g/mol. The van der Waals surface area contributed by atoms with Gasteiger partial charge < -0.3 is 9.64 Å². The summed E-state index contributed by atoms with van der Waals surface area (Å²) in [5, 5.41) is 0. The molecule has 0 radical (unpaired) electrons. The molecule has 0 aliphatic carbocycles. The first-order valence-electron chi connectivity index (χ1n) is 7.51. The van der Waals surface area contributed by atoms with Gasteiger partial charge in [0.05, 0.1) is 0 Å². The summed E-state index contributed by atoms with van der Waals surface area (Å²) in [6.45, 7) is 12.3. The Bertz CT molecular complexity index is 680. The van der Waals surface area contributed by atoms with E-state index < -0.39 is 0 Å². The number of hydrogen-bond acceptors (Lipinski definition) is 2. The molecule has 0 spiro atoms. The molecule has 0 unspecified atom stereocenters. The van der Waals surface area contributed by atoms with E-state index in [4.69, 9.17) is 4.74 Å². The highest BCUT2D eigenvalue weighted by atomic mass is 16.5. The van der Waals surface area contributed by atoms with Gasteiger partial charge in [0, 0.05) is 17.8 Å². The van der Waals surface area contributed by atoms with Gasteiger partial charge in [-0.15, -0.1) is 0 Å². The molecule has 1 heterocycles. The summed E-state index contributed by atoms with van der Waals surface area (Å²) in [7, 11) is 0. The summed E-state index contributed by atoms with van der Waals surface area (Å²) in [6, 6.07) is 8.93. The molecule has 3 rings (SSSR count). The van der Waals surface area contributed by atoms with E-state index in [1.165, 1.54) is 39.1 Å². The quantitative estimate of drug-likeness (QED) is 0.758. The molecule has 1 aliphatic rings. The van der Waals surface area contributed by atoms with E-state index in [0.29, 0.717) is 6.73 Å². The molecule has 2 heteroatoms. The van der Waals surface area contributed by atoms with Gasteiger partial charge >= 0.3 is 0 Å². The predicted octanol–water partition coefficient (Wildman–Crippen LogP) is 4.59. The molecule has 2 nitrogen and oxygen atoms in total. The maximum atomic E-state index is 6.04. The van der Waals surface area contributed by atoms with Crippen LogP contribution in [-0.4, -0.2) is 6.73 Å². The van der Waals surface area contributed by atoms with Crippen molar-refractivity contribution < 1.29 is 4.74 Å². The van der Waals surface area contributed by atoms with E-state index in [9.17, 15) is 0 Å². The summed E-state index contributed by atoms with van der Waals surface area (Å²) in [4.78, 5) is 2.34. The molecule has 0 atom stereocenters. The zero-order chi connectivity index (χ0) is 15.1. The summed E-state index contributed by atoms with van der Waals surface area (Å²) in [5.41, 5.74) is 9.10. The predicted molar refractivity (Wildman–Crippen MR) is 88.2 cm³/mol. The molecule has 1 aliphatic heterocycles. The van der Waals surface area contributed by atoms with Crippen LogP contribution in [0.25, 0.3) is 0 Å². The molecule has 0 fully saturated rings. The van der Waals surface area contributed by atoms with Crippen molar-refractivity contribution in [2.45, 2.75) is 41.2 Å². The lowest BCUT2D eigenvalue weighted by Gasteiger charge is -2.34. The van der Waals surface area contributed by atoms with Crippen molar-refractivity contribution in [2.75, 3.05) is 11.6 Å². The molecule has 0 N–H and O–H groups in total. The standard InChI is InChI=1S/C19H23NO/c1-12-6-14(3)18(15(4)7-12)20-10-17-9-13(2)8-16(5)19(17)21-11-20/h6-9H,10-11H2,1-5H3. The van der Waals surface area contributed by atoms with Gasteiger partial charge in [-0.25, -0.2) is 0 Å². The van der Waals surface area contributed by atoms with E-state index >= 15 is 0 Å². The number of fused-ring (bicyclic) bond motifs is 1. The fourth-order valence-corrected chi connectivity index (χ4v) is 3.57. The number of hydrogen-bond donors (Lipinski definition) is 0. The normalized spacial score (nSPS) is 13.9. The number of rotatable bonds is 1. The maximum Gasteiger partial charge on any atom is 0.161 e. The Morgan fingerprint density at radius 1 is 0.810 bits per heavy atom. The van der Waals surface area contributed by atoms with Gasteiger partial charge in [0.1, 0.15) is 5.75 Å². The van der Waals surface area contributed by atoms with Crippen LogP contribution >= 0.6 is 0 Å². The van der Waals surface area contributed by atoms with Crippen molar-refractivity contribution in [2.24, 2.45) is 0 Å². The number of anilines is 1. The Labute approximate surface area is 127 Å². The van der Waals surface area contributed by atoms with Crippen LogP contribution in [-0.2, 0) is 6.54 Å². The third-order valence-corrected chi connectivity index (χ3v) is 4.17. The summed E-state index contributed by atoms with van der Waals surface area (Å²) < 4.78 is 6.04. The van der Waals surface area contributed by atoms with Crippen molar-refractivity contribution in [3.63, 3.8) is 0 Å². The maximum absolute atomic E-state index is 6.04. The largest absolute Gasteiger partial charge is 0.472 e. The van der Waals surface area contributed by atoms with E-state index in [1.807, 2.05) is 0 Å². The number of ether oxygens (including phenoxy) is 1. The van der Waals surface area contributed by atoms with Gasteiger partial charge in [-0.2, -0.15) is 0 Å². The fourth-order valence-electron chi connectivity index (χ4n) is 3.57. The lowest BCUT2D eigenvalue weighted by atomic mass is 10.0. The lowest BCUT2D eigenvalue weighted by molar-refractivity contribution is 0.287. The highest BCUT2D eigenvalue weighted by Crippen LogP contribution is 2.35. The first kappa shape index (κ1) is 14.0. The van der Waals surface area contributed by atoms with Gasteiger partial charge in [-0.1, -0.05) is 35.4 Å². The van der Waals surface area contributed by atoms with Gasteiger partial charge in [-0.3, -0.25) is 0 Å². The second-order valence-electron chi connectivity index (χ2n) is 6.29. The van der Waals surface area contributed by atoms with Crippen LogP contribution in [0.2, 0.25) is 0 Å². The van der Waals surface area contributed by atoms with Crippen LogP contribution in [0.3, 0.4) is 0 Å². The molecule has 2 aromatic rings. The molecule has 0 amide bonds. The van der Waals surface area contributed by atoms with Gasteiger partial charge in [0.15, 0.2) is 6.73 Å². The summed E-state index contributed by atoms with van der Waals surface area (Å²) >= 11 is 0. The minimum absolute atomic E-state index is 0.627. The molecular formula is C19H23NO. The van der Waals surface area contributed by atoms with Crippen molar-refractivity contribution in [1.82, 2.24) is 0 Å². The smallest absolute Gasteiger partial charge is 0.161 e. The van der Waals surface area contributed by atoms with Crippen LogP contribution in [0.4, 0.5) is 5.69 Å². The second-order valence-corrected chi connectivity index (χ2v) is 6.29. The van der Waals surface area contributed by atoms with E-state index in [1.54, 1.807) is 0 Å². The fraction of sp³-hybridized carbons (Fsp3) is 0.368. The molecular weight excluding hydrogens is 258 g/mol. The third kappa shape index (κ3) is 2.51. The van der Waals surface area contributed by atoms with Crippen molar-refractivity contribution in [3.8, 4) is 5.75 Å². The Morgan fingerprint density at radius 3 is 2.05 bits per heavy atom. The minimum Gasteiger partial charge on any atom is -0.472 e. The Morgan fingerprint density at radius 2 is 1.38 bits per heavy atom. The number of benzene rings is 2. The van der Waals surface area contributed by atoms with Crippen LogP contribution in [0.1, 0.15) is 33.4 Å². The molecule has 2 aromatic carbocycles. The third-order valence-electron chi connectivity index (χ3n) is 4.17. The monoisotopic (exact) mass is 281 g/mol. The number of aryl methyl sites for hydroxylation is 5. The molecule has 0 saturated carbocycles. The highest BCUT2D eigenvalue weighted by molar-refractivity contribution is 5.62. The first-order chi connectivity index (χ1) is 9.95. The van der Waals surface area contributed by atoms with Crippen LogP contribution in [0, 0.1) is 34.6 Å². The zero-order valence-corrected chi connectivity index (χ0v) is 13.6. The first-order valence-corrected chi connectivity index (χ1v) is 7.51. The summed E-state index contributed by atoms with van der Waals surface area (Å²) in [6.07, 6.45) is 0. The molecule has 0 saturated heterocycles. The van der Waals surface area contributed by atoms with E-state index in [0.717, 1.165) is 12.3 Å². The Kier molecular flexibility index (Phi) is 3.40. The van der Waals surface area contributed by atoms with Crippen molar-refractivity contribution in [3.05, 3.63) is 57.6 Å². The van der Waals surface area contributed by atoms with Gasteiger partial charge in [0.25, 0.3) is 0 Å². The van der Waals surface area contributed by atoms with Crippen molar-refractivity contribution in [1.29, 1.82) is 0 Å². The van der Waals surface area contributed by atoms with Gasteiger partial charge in [-0.05, 0) is 51.3 Å². The van der Waals surface area contributed by atoms with Crippen LogP contribution in [0.15, 0.2) is 24.3 Å². The molecule has 21 heavy (non-hydrogen) atoms. The zero-order valence-electron chi connectivity index (χ0n) is 13.6. The minimum atomic E-state index is 0.627.